The fourth-order valence-electron chi connectivity index (χ4n) is 5.11. The maximum atomic E-state index is 12.2. The lowest BCUT2D eigenvalue weighted by molar-refractivity contribution is 1.18. The highest BCUT2D eigenvalue weighted by atomic mass is 16.1. The van der Waals surface area contributed by atoms with Crippen molar-refractivity contribution in [3.63, 3.8) is 0 Å². The molecular formula is C23H14BN3O. The second-order valence-corrected chi connectivity index (χ2v) is 7.47. The number of aromatic amines is 1. The van der Waals surface area contributed by atoms with Gasteiger partial charge >= 0.3 is 6.98 Å². The van der Waals surface area contributed by atoms with Crippen LogP contribution in [0.4, 0.5) is 22.9 Å². The van der Waals surface area contributed by atoms with E-state index in [-0.39, 0.29) is 12.5 Å². The van der Waals surface area contributed by atoms with E-state index in [9.17, 15) is 4.79 Å². The van der Waals surface area contributed by atoms with Gasteiger partial charge in [0.15, 0.2) is 0 Å². The summed E-state index contributed by atoms with van der Waals surface area (Å²) >= 11 is 0. The number of rotatable bonds is 0. The molecule has 3 aromatic carbocycles. The van der Waals surface area contributed by atoms with E-state index >= 15 is 0 Å². The Morgan fingerprint density at radius 3 is 2.07 bits per heavy atom. The number of aromatic nitrogens is 1. The fourth-order valence-corrected chi connectivity index (χ4v) is 5.11. The summed E-state index contributed by atoms with van der Waals surface area (Å²) in [5.74, 6) is 0.872. The first kappa shape index (κ1) is 14.3. The summed E-state index contributed by atoms with van der Waals surface area (Å²) in [4.78, 5) is 20.0. The zero-order chi connectivity index (χ0) is 18.4. The van der Waals surface area contributed by atoms with Crippen LogP contribution >= 0.6 is 0 Å². The lowest BCUT2D eigenvalue weighted by Crippen LogP contribution is -2.58. The van der Waals surface area contributed by atoms with Gasteiger partial charge in [-0.1, -0.05) is 48.5 Å². The summed E-state index contributed by atoms with van der Waals surface area (Å²) < 4.78 is 0. The average molecular weight is 359 g/mol. The highest BCUT2D eigenvalue weighted by Gasteiger charge is 2.51. The van der Waals surface area contributed by atoms with Gasteiger partial charge in [0.1, 0.15) is 5.82 Å². The van der Waals surface area contributed by atoms with Crippen molar-refractivity contribution >= 4 is 35.3 Å². The van der Waals surface area contributed by atoms with E-state index in [0.29, 0.717) is 0 Å². The van der Waals surface area contributed by atoms with E-state index in [2.05, 4.69) is 81.3 Å². The van der Waals surface area contributed by atoms with Crippen molar-refractivity contribution in [1.82, 2.24) is 4.98 Å². The third-order valence-corrected chi connectivity index (χ3v) is 6.14. The van der Waals surface area contributed by atoms with Crippen LogP contribution in [0.2, 0.25) is 0 Å². The van der Waals surface area contributed by atoms with Gasteiger partial charge in [0.2, 0.25) is 5.56 Å². The Morgan fingerprint density at radius 2 is 1.25 bits per heavy atom. The lowest BCUT2D eigenvalue weighted by atomic mass is 9.55. The van der Waals surface area contributed by atoms with Gasteiger partial charge in [-0.2, -0.15) is 0 Å². The number of para-hydroxylation sites is 3. The van der Waals surface area contributed by atoms with Crippen molar-refractivity contribution in [3.8, 4) is 22.3 Å². The first-order valence-corrected chi connectivity index (χ1v) is 9.46. The number of nitrogens with zero attached hydrogens (tertiary/aromatic N) is 2. The molecule has 0 aliphatic carbocycles. The molecule has 0 radical (unpaired) electrons. The Bertz CT molecular complexity index is 1380. The number of anilines is 4. The minimum Gasteiger partial charge on any atom is -0.359 e. The molecule has 5 heteroatoms. The van der Waals surface area contributed by atoms with Crippen molar-refractivity contribution in [1.29, 1.82) is 0 Å². The Labute approximate surface area is 161 Å². The van der Waals surface area contributed by atoms with Crippen LogP contribution in [-0.4, -0.2) is 12.0 Å². The molecule has 0 bridgehead atoms. The molecule has 28 heavy (non-hydrogen) atoms. The van der Waals surface area contributed by atoms with Crippen LogP contribution in [0, 0.1) is 0 Å². The van der Waals surface area contributed by atoms with E-state index in [1.807, 2.05) is 6.07 Å². The summed E-state index contributed by atoms with van der Waals surface area (Å²) in [6, 6.07) is 27.1. The van der Waals surface area contributed by atoms with E-state index in [0.717, 1.165) is 22.8 Å². The van der Waals surface area contributed by atoms with Gasteiger partial charge in [0.05, 0.1) is 11.4 Å². The average Bonchev–Trinajstić information content (AvgIpc) is 3.09. The molecule has 4 aromatic rings. The number of hydrogen-bond donors (Lipinski definition) is 1. The van der Waals surface area contributed by atoms with Gasteiger partial charge in [-0.05, 0) is 40.9 Å². The number of hydrogen-bond acceptors (Lipinski definition) is 3. The van der Waals surface area contributed by atoms with Crippen molar-refractivity contribution in [3.05, 3.63) is 89.2 Å². The minimum absolute atomic E-state index is 0.00375. The molecule has 4 heterocycles. The number of pyridine rings is 1. The Balaban J connectivity index is 1.71. The summed E-state index contributed by atoms with van der Waals surface area (Å²) in [6.07, 6.45) is 0. The summed E-state index contributed by atoms with van der Waals surface area (Å²) in [5.41, 5.74) is 9.49. The third-order valence-electron chi connectivity index (χ3n) is 6.14. The van der Waals surface area contributed by atoms with Crippen LogP contribution in [0.5, 0.6) is 0 Å². The summed E-state index contributed by atoms with van der Waals surface area (Å²) in [6.45, 7) is 0.00375. The number of nitrogens with one attached hydrogen (secondary N) is 1. The third kappa shape index (κ3) is 1.53. The summed E-state index contributed by atoms with van der Waals surface area (Å²) in [5, 5.41) is 0. The zero-order valence-corrected chi connectivity index (χ0v) is 14.9. The Kier molecular flexibility index (Phi) is 2.44. The molecule has 0 fully saturated rings. The van der Waals surface area contributed by atoms with Crippen molar-refractivity contribution < 1.29 is 0 Å². The van der Waals surface area contributed by atoms with Gasteiger partial charge in [-0.15, -0.1) is 0 Å². The monoisotopic (exact) mass is 359 g/mol. The number of benzene rings is 3. The van der Waals surface area contributed by atoms with Crippen LogP contribution in [0.25, 0.3) is 22.3 Å². The highest BCUT2D eigenvalue weighted by molar-refractivity contribution is 6.88. The van der Waals surface area contributed by atoms with Gasteiger partial charge in [-0.25, -0.2) is 0 Å². The van der Waals surface area contributed by atoms with Crippen molar-refractivity contribution in [2.45, 2.75) is 0 Å². The van der Waals surface area contributed by atoms with E-state index in [1.54, 1.807) is 6.07 Å². The largest absolute Gasteiger partial charge is 0.423 e. The molecule has 0 saturated heterocycles. The maximum Gasteiger partial charge on any atom is 0.423 e. The molecule has 1 N–H and O–H groups in total. The normalized spacial score (nSPS) is 14.4. The van der Waals surface area contributed by atoms with E-state index < -0.39 is 0 Å². The van der Waals surface area contributed by atoms with Crippen molar-refractivity contribution in [2.75, 3.05) is 9.62 Å². The SMILES string of the molecule is O=c1ccc2c([nH]1)N1B3c4c(cccc4-2)-c2ccccc2N3c2ccccc21. The molecule has 3 aliphatic heterocycles. The minimum atomic E-state index is -0.0782. The predicted molar refractivity (Wildman–Crippen MR) is 114 cm³/mol. The maximum absolute atomic E-state index is 12.2. The number of fused-ring (bicyclic) bond motifs is 9. The standard InChI is InChI=1S/C23H14BN3O/c28-21-13-12-17-16-8-5-7-15-14-6-1-2-9-18(14)26-19-10-3-4-11-20(19)27(23(17)25-21)24(26)22(15)16/h1-13H,(H,25,28). The van der Waals surface area contributed by atoms with Crippen LogP contribution in [0.3, 0.4) is 0 Å². The van der Waals surface area contributed by atoms with Gasteiger partial charge in [0.25, 0.3) is 0 Å². The highest BCUT2D eigenvalue weighted by Crippen LogP contribution is 2.54. The molecule has 0 amide bonds. The molecule has 7 rings (SSSR count). The molecule has 0 spiro atoms. The second kappa shape index (κ2) is 4.76. The molecule has 3 aliphatic rings. The summed E-state index contributed by atoms with van der Waals surface area (Å²) in [7, 11) is 0. The van der Waals surface area contributed by atoms with E-state index in [1.165, 1.54) is 27.8 Å². The lowest BCUT2D eigenvalue weighted by Gasteiger charge is -2.40. The molecule has 1 aromatic heterocycles. The fraction of sp³-hybridized carbons (Fsp3) is 0. The van der Waals surface area contributed by atoms with Gasteiger partial charge in [0, 0.05) is 22.9 Å². The van der Waals surface area contributed by atoms with Crippen LogP contribution < -0.4 is 20.6 Å². The second-order valence-electron chi connectivity index (χ2n) is 7.47. The van der Waals surface area contributed by atoms with Crippen molar-refractivity contribution in [2.24, 2.45) is 0 Å². The first-order chi connectivity index (χ1) is 13.8. The molecular weight excluding hydrogens is 345 g/mol. The van der Waals surface area contributed by atoms with Gasteiger partial charge in [-0.3, -0.25) is 4.79 Å². The molecule has 0 saturated carbocycles. The van der Waals surface area contributed by atoms with E-state index in [4.69, 9.17) is 0 Å². The zero-order valence-electron chi connectivity index (χ0n) is 14.9. The number of H-pyrrole nitrogens is 1. The Morgan fingerprint density at radius 1 is 0.607 bits per heavy atom. The van der Waals surface area contributed by atoms with Crippen LogP contribution in [0.15, 0.2) is 83.7 Å². The molecule has 4 nitrogen and oxygen atoms in total. The predicted octanol–water partition coefficient (Wildman–Crippen LogP) is 4.02. The van der Waals surface area contributed by atoms with Crippen LogP contribution in [0.1, 0.15) is 0 Å². The molecule has 0 unspecified atom stereocenters. The molecule has 0 atom stereocenters. The quantitative estimate of drug-likeness (QED) is 0.482. The van der Waals surface area contributed by atoms with Crippen LogP contribution in [-0.2, 0) is 0 Å². The smallest absolute Gasteiger partial charge is 0.359 e. The first-order valence-electron chi connectivity index (χ1n) is 9.46. The Hall–Kier alpha value is -3.73. The topological polar surface area (TPSA) is 39.3 Å². The molecule has 130 valence electrons. The van der Waals surface area contributed by atoms with Gasteiger partial charge < -0.3 is 14.6 Å².